The van der Waals surface area contributed by atoms with Crippen molar-refractivity contribution >= 4 is 0 Å². The Kier molecular flexibility index (Phi) is 5.28. The second-order valence-corrected chi connectivity index (χ2v) is 7.22. The number of rotatable bonds is 5. The molecule has 1 aliphatic rings. The van der Waals surface area contributed by atoms with Crippen molar-refractivity contribution in [3.63, 3.8) is 0 Å². The maximum atomic E-state index is 6.19. The van der Waals surface area contributed by atoms with E-state index >= 15 is 0 Å². The Labute approximate surface area is 134 Å². The molecule has 0 bridgehead atoms. The maximum Gasteiger partial charge on any atom is 0.107 e. The van der Waals surface area contributed by atoms with E-state index < -0.39 is 0 Å². The third kappa shape index (κ3) is 4.10. The molecule has 1 aromatic rings. The van der Waals surface area contributed by atoms with E-state index in [0.717, 1.165) is 12.8 Å². The molecule has 0 spiro atoms. The molecule has 1 aromatic carbocycles. The van der Waals surface area contributed by atoms with Gasteiger partial charge in [-0.15, -0.1) is 6.42 Å². The van der Waals surface area contributed by atoms with E-state index in [1.165, 1.54) is 5.56 Å². The Bertz CT molecular complexity index is 498. The van der Waals surface area contributed by atoms with Crippen LogP contribution in [0.15, 0.2) is 30.3 Å². The lowest BCUT2D eigenvalue weighted by Gasteiger charge is -2.53. The lowest BCUT2D eigenvalue weighted by atomic mass is 9.80. The molecular formula is C19H27NO2. The highest BCUT2D eigenvalue weighted by Crippen LogP contribution is 2.40. The van der Waals surface area contributed by atoms with Gasteiger partial charge in [0.1, 0.15) is 6.61 Å². The van der Waals surface area contributed by atoms with E-state index in [1.807, 2.05) is 18.2 Å². The van der Waals surface area contributed by atoms with Gasteiger partial charge in [-0.25, -0.2) is 0 Å². The minimum Gasteiger partial charge on any atom is -0.365 e. The number of hydroxylamine groups is 2. The molecule has 2 rings (SSSR count). The van der Waals surface area contributed by atoms with E-state index in [4.69, 9.17) is 16.0 Å². The van der Waals surface area contributed by atoms with Gasteiger partial charge in [0.15, 0.2) is 0 Å². The first kappa shape index (κ1) is 17.0. The zero-order chi connectivity index (χ0) is 16.2. The zero-order valence-corrected chi connectivity index (χ0v) is 14.1. The fourth-order valence-corrected chi connectivity index (χ4v) is 3.52. The zero-order valence-electron chi connectivity index (χ0n) is 14.1. The molecular weight excluding hydrogens is 274 g/mol. The molecule has 1 fully saturated rings. The number of terminal acetylenes is 1. The van der Waals surface area contributed by atoms with Crippen molar-refractivity contribution in [2.75, 3.05) is 6.61 Å². The number of ether oxygens (including phenoxy) is 1. The molecule has 0 amide bonds. The van der Waals surface area contributed by atoms with E-state index in [0.29, 0.717) is 13.2 Å². The Balaban J connectivity index is 2.05. The molecule has 0 radical (unpaired) electrons. The first-order chi connectivity index (χ1) is 10.3. The third-order valence-corrected chi connectivity index (χ3v) is 4.16. The van der Waals surface area contributed by atoms with Gasteiger partial charge in [0.25, 0.3) is 0 Å². The highest BCUT2D eigenvalue weighted by Gasteiger charge is 2.46. The summed E-state index contributed by atoms with van der Waals surface area (Å²) in [5, 5.41) is 2.14. The van der Waals surface area contributed by atoms with E-state index in [2.05, 4.69) is 50.8 Å². The van der Waals surface area contributed by atoms with Crippen LogP contribution in [-0.2, 0) is 16.2 Å². The van der Waals surface area contributed by atoms with Crippen LogP contribution < -0.4 is 0 Å². The van der Waals surface area contributed by atoms with Gasteiger partial charge in [0.2, 0.25) is 0 Å². The van der Waals surface area contributed by atoms with Crippen LogP contribution >= 0.6 is 0 Å². The summed E-state index contributed by atoms with van der Waals surface area (Å²) in [5.41, 5.74) is 0.978. The van der Waals surface area contributed by atoms with Crippen LogP contribution in [0.25, 0.3) is 0 Å². The first-order valence-corrected chi connectivity index (χ1v) is 7.87. The highest BCUT2D eigenvalue weighted by molar-refractivity contribution is 5.13. The summed E-state index contributed by atoms with van der Waals surface area (Å²) in [6.45, 7) is 9.76. The largest absolute Gasteiger partial charge is 0.365 e. The Morgan fingerprint density at radius 2 is 1.73 bits per heavy atom. The second-order valence-electron chi connectivity index (χ2n) is 7.22. The fraction of sp³-hybridized carbons (Fsp3) is 0.579. The normalized spacial score (nSPS) is 21.4. The average Bonchev–Trinajstić information content (AvgIpc) is 2.44. The van der Waals surface area contributed by atoms with Crippen molar-refractivity contribution in [1.82, 2.24) is 5.06 Å². The van der Waals surface area contributed by atoms with Crippen molar-refractivity contribution in [2.45, 2.75) is 64.3 Å². The molecule has 0 aliphatic carbocycles. The van der Waals surface area contributed by atoms with Crippen LogP contribution in [0.4, 0.5) is 0 Å². The monoisotopic (exact) mass is 301 g/mol. The van der Waals surface area contributed by atoms with Gasteiger partial charge in [-0.2, -0.15) is 5.06 Å². The van der Waals surface area contributed by atoms with Crippen LogP contribution in [-0.4, -0.2) is 28.9 Å². The van der Waals surface area contributed by atoms with Crippen molar-refractivity contribution in [3.8, 4) is 12.3 Å². The van der Waals surface area contributed by atoms with Gasteiger partial charge >= 0.3 is 0 Å². The third-order valence-electron chi connectivity index (χ3n) is 4.16. The van der Waals surface area contributed by atoms with Crippen molar-refractivity contribution < 1.29 is 9.57 Å². The molecule has 120 valence electrons. The standard InChI is InChI=1S/C19H27NO2/c1-6-12-21-17-13-18(2,3)20(19(4,5)14-17)22-15-16-10-8-7-9-11-16/h1,7-11,17H,12-15H2,2-5H3. The molecule has 0 saturated carbocycles. The summed E-state index contributed by atoms with van der Waals surface area (Å²) >= 11 is 0. The Morgan fingerprint density at radius 3 is 2.27 bits per heavy atom. The minimum absolute atomic E-state index is 0.101. The molecule has 1 saturated heterocycles. The molecule has 3 heteroatoms. The minimum atomic E-state index is -0.101. The summed E-state index contributed by atoms with van der Waals surface area (Å²) < 4.78 is 5.80. The van der Waals surface area contributed by atoms with Crippen molar-refractivity contribution in [1.29, 1.82) is 0 Å². The lowest BCUT2D eigenvalue weighted by molar-refractivity contribution is -0.300. The Morgan fingerprint density at radius 1 is 1.14 bits per heavy atom. The maximum absolute atomic E-state index is 6.19. The van der Waals surface area contributed by atoms with Gasteiger partial charge in [-0.1, -0.05) is 36.3 Å². The SMILES string of the molecule is C#CCOC1CC(C)(C)N(OCc2ccccc2)C(C)(C)C1. The molecule has 0 unspecified atom stereocenters. The van der Waals surface area contributed by atoms with Crippen LogP contribution in [0.1, 0.15) is 46.1 Å². The fourth-order valence-electron chi connectivity index (χ4n) is 3.52. The summed E-state index contributed by atoms with van der Waals surface area (Å²) in [4.78, 5) is 6.19. The molecule has 1 heterocycles. The van der Waals surface area contributed by atoms with Gasteiger partial charge in [0.05, 0.1) is 12.7 Å². The quantitative estimate of drug-likeness (QED) is 0.772. The van der Waals surface area contributed by atoms with E-state index in [-0.39, 0.29) is 17.2 Å². The smallest absolute Gasteiger partial charge is 0.107 e. The van der Waals surface area contributed by atoms with Crippen LogP contribution in [0.3, 0.4) is 0 Å². The summed E-state index contributed by atoms with van der Waals surface area (Å²) in [7, 11) is 0. The molecule has 3 nitrogen and oxygen atoms in total. The van der Waals surface area contributed by atoms with Crippen LogP contribution in [0, 0.1) is 12.3 Å². The van der Waals surface area contributed by atoms with Gasteiger partial charge in [-0.3, -0.25) is 4.84 Å². The van der Waals surface area contributed by atoms with Gasteiger partial charge < -0.3 is 4.74 Å². The van der Waals surface area contributed by atoms with Crippen molar-refractivity contribution in [2.24, 2.45) is 0 Å². The second kappa shape index (κ2) is 6.83. The summed E-state index contributed by atoms with van der Waals surface area (Å²) in [6.07, 6.45) is 7.31. The molecule has 22 heavy (non-hydrogen) atoms. The average molecular weight is 301 g/mol. The highest BCUT2D eigenvalue weighted by atomic mass is 16.7. The number of hydrogen-bond acceptors (Lipinski definition) is 3. The first-order valence-electron chi connectivity index (χ1n) is 7.87. The topological polar surface area (TPSA) is 21.7 Å². The number of piperidine rings is 1. The van der Waals surface area contributed by atoms with Crippen LogP contribution in [0.2, 0.25) is 0 Å². The Hall–Kier alpha value is -1.34. The van der Waals surface area contributed by atoms with Crippen LogP contribution in [0.5, 0.6) is 0 Å². The molecule has 0 atom stereocenters. The van der Waals surface area contributed by atoms with E-state index in [9.17, 15) is 0 Å². The molecule has 1 aliphatic heterocycles. The van der Waals surface area contributed by atoms with Gasteiger partial charge in [-0.05, 0) is 46.1 Å². The number of hydrogen-bond donors (Lipinski definition) is 0. The van der Waals surface area contributed by atoms with E-state index in [1.54, 1.807) is 0 Å². The number of nitrogens with zero attached hydrogens (tertiary/aromatic N) is 1. The predicted molar refractivity (Wildman–Crippen MR) is 89.0 cm³/mol. The molecule has 0 N–H and O–H groups in total. The number of benzene rings is 1. The molecule has 0 aromatic heterocycles. The summed E-state index contributed by atoms with van der Waals surface area (Å²) in [5.74, 6) is 2.56. The lowest BCUT2D eigenvalue weighted by Crippen LogP contribution is -2.61. The summed E-state index contributed by atoms with van der Waals surface area (Å²) in [6, 6.07) is 10.3. The van der Waals surface area contributed by atoms with Crippen molar-refractivity contribution in [3.05, 3.63) is 35.9 Å². The predicted octanol–water partition coefficient (Wildman–Crippen LogP) is 3.79. The van der Waals surface area contributed by atoms with Gasteiger partial charge in [0, 0.05) is 11.1 Å².